The van der Waals surface area contributed by atoms with Crippen molar-refractivity contribution in [3.63, 3.8) is 0 Å². The number of benzene rings is 1. The third kappa shape index (κ3) is 13.3. The third-order valence-corrected chi connectivity index (χ3v) is 6.16. The van der Waals surface area contributed by atoms with E-state index in [2.05, 4.69) is 11.6 Å². The average Bonchev–Trinajstić information content (AvgIpc) is 2.65. The first-order valence-electron chi connectivity index (χ1n) is 10.4. The van der Waals surface area contributed by atoms with E-state index in [-0.39, 0.29) is 5.75 Å². The first kappa shape index (κ1) is 23.2. The first-order valence-corrected chi connectivity index (χ1v) is 12.1. The van der Waals surface area contributed by atoms with Crippen molar-refractivity contribution in [1.82, 2.24) is 4.72 Å². The lowest BCUT2D eigenvalue weighted by atomic mass is 10.1. The van der Waals surface area contributed by atoms with Gasteiger partial charge in [-0.2, -0.15) is 0 Å². The summed E-state index contributed by atoms with van der Waals surface area (Å²) in [6.45, 7) is 4.26. The summed E-state index contributed by atoms with van der Waals surface area (Å²) in [5.74, 6) is 0.243. The molecule has 1 N–H and O–H groups in total. The third-order valence-electron chi connectivity index (χ3n) is 4.75. The Morgan fingerprint density at radius 3 is 1.65 bits per heavy atom. The van der Waals surface area contributed by atoms with Crippen molar-refractivity contribution in [2.45, 2.75) is 90.0 Å². The molecule has 1 aromatic rings. The molecule has 1 rings (SSSR count). The van der Waals surface area contributed by atoms with E-state index in [1.165, 1.54) is 57.8 Å². The summed E-state index contributed by atoms with van der Waals surface area (Å²) in [5, 5.41) is 0. The van der Waals surface area contributed by atoms with Crippen molar-refractivity contribution in [2.75, 3.05) is 5.75 Å². The smallest absolute Gasteiger partial charge is 0.211 e. The fourth-order valence-corrected chi connectivity index (χ4v) is 4.21. The molecule has 26 heavy (non-hydrogen) atoms. The molecule has 149 valence electrons. The zero-order chi connectivity index (χ0) is 18.9. The summed E-state index contributed by atoms with van der Waals surface area (Å²) in [6, 6.07) is 9.65. The summed E-state index contributed by atoms with van der Waals surface area (Å²) in [5.41, 5.74) is 0.999. The topological polar surface area (TPSA) is 46.2 Å². The second-order valence-corrected chi connectivity index (χ2v) is 9.15. The highest BCUT2D eigenvalue weighted by molar-refractivity contribution is 7.89. The van der Waals surface area contributed by atoms with E-state index in [9.17, 15) is 8.42 Å². The van der Waals surface area contributed by atoms with Gasteiger partial charge in [0.25, 0.3) is 0 Å². The Balaban J connectivity index is 1.90. The lowest BCUT2D eigenvalue weighted by Crippen LogP contribution is -2.25. The molecule has 0 fully saturated rings. The predicted molar refractivity (Wildman–Crippen MR) is 112 cm³/mol. The molecule has 1 radical (unpaired) electrons. The minimum absolute atomic E-state index is 0.243. The molecular weight excluding hydrogens is 342 g/mol. The van der Waals surface area contributed by atoms with E-state index in [0.29, 0.717) is 6.54 Å². The number of sulfonamides is 1. The standard InChI is InChI=1S/C22H38NO2S/c1-2-3-4-5-6-7-8-9-10-11-12-13-17-20-26(24,25)23-21-22-18-15-14-16-19-22/h14-16,18-19,23H,1-13,17,20-21H2. The van der Waals surface area contributed by atoms with Crippen LogP contribution in [0.4, 0.5) is 0 Å². The first-order chi connectivity index (χ1) is 12.6. The van der Waals surface area contributed by atoms with Gasteiger partial charge in [-0.25, -0.2) is 13.1 Å². The summed E-state index contributed by atoms with van der Waals surface area (Å²) >= 11 is 0. The Labute approximate surface area is 162 Å². The number of hydrogen-bond donors (Lipinski definition) is 1. The Kier molecular flexibility index (Phi) is 13.6. The van der Waals surface area contributed by atoms with Crippen LogP contribution in [0.2, 0.25) is 0 Å². The van der Waals surface area contributed by atoms with Gasteiger partial charge < -0.3 is 0 Å². The Morgan fingerprint density at radius 2 is 1.15 bits per heavy atom. The highest BCUT2D eigenvalue weighted by atomic mass is 32.2. The van der Waals surface area contributed by atoms with Gasteiger partial charge in [0.2, 0.25) is 10.0 Å². The molecule has 0 spiro atoms. The van der Waals surface area contributed by atoms with Gasteiger partial charge in [0.05, 0.1) is 5.75 Å². The lowest BCUT2D eigenvalue weighted by Gasteiger charge is -2.07. The van der Waals surface area contributed by atoms with E-state index >= 15 is 0 Å². The predicted octanol–water partition coefficient (Wildman–Crippen LogP) is 6.01. The second kappa shape index (κ2) is 15.2. The van der Waals surface area contributed by atoms with Crippen LogP contribution in [0.15, 0.2) is 30.3 Å². The van der Waals surface area contributed by atoms with Crippen molar-refractivity contribution < 1.29 is 8.42 Å². The fourth-order valence-electron chi connectivity index (χ4n) is 3.10. The molecule has 0 bridgehead atoms. The average molecular weight is 381 g/mol. The molecule has 0 aliphatic heterocycles. The largest absolute Gasteiger partial charge is 0.212 e. The zero-order valence-electron chi connectivity index (χ0n) is 16.4. The van der Waals surface area contributed by atoms with Crippen LogP contribution in [0.3, 0.4) is 0 Å². The van der Waals surface area contributed by atoms with Gasteiger partial charge in [-0.3, -0.25) is 0 Å². The van der Waals surface area contributed by atoms with Crippen LogP contribution in [0.1, 0.15) is 89.0 Å². The summed E-state index contributed by atoms with van der Waals surface area (Å²) < 4.78 is 26.7. The minimum Gasteiger partial charge on any atom is -0.212 e. The monoisotopic (exact) mass is 380 g/mol. The Bertz CT molecular complexity index is 528. The van der Waals surface area contributed by atoms with Crippen LogP contribution in [0.5, 0.6) is 0 Å². The van der Waals surface area contributed by atoms with Crippen LogP contribution < -0.4 is 4.72 Å². The van der Waals surface area contributed by atoms with Gasteiger partial charge in [0.1, 0.15) is 0 Å². The molecule has 0 saturated heterocycles. The molecule has 0 atom stereocenters. The van der Waals surface area contributed by atoms with Crippen LogP contribution in [0, 0.1) is 6.92 Å². The number of nitrogens with one attached hydrogen (secondary N) is 1. The van der Waals surface area contributed by atoms with Crippen LogP contribution in [-0.2, 0) is 16.6 Å². The molecule has 4 heteroatoms. The van der Waals surface area contributed by atoms with Crippen LogP contribution >= 0.6 is 0 Å². The molecule has 0 aliphatic carbocycles. The SMILES string of the molecule is [CH2]CCCCCCCCCCCCCCS(=O)(=O)NCc1ccccc1. The summed E-state index contributed by atoms with van der Waals surface area (Å²) in [6.07, 6.45) is 15.9. The maximum absolute atomic E-state index is 12.0. The van der Waals surface area contributed by atoms with Gasteiger partial charge in [0.15, 0.2) is 0 Å². The Morgan fingerprint density at radius 1 is 0.692 bits per heavy atom. The molecule has 0 aliphatic rings. The van der Waals surface area contributed by atoms with Crippen molar-refractivity contribution in [3.8, 4) is 0 Å². The minimum atomic E-state index is -3.15. The van der Waals surface area contributed by atoms with Gasteiger partial charge in [-0.15, -0.1) is 0 Å². The molecule has 3 nitrogen and oxygen atoms in total. The maximum atomic E-state index is 12.0. The van der Waals surface area contributed by atoms with E-state index in [0.717, 1.165) is 31.2 Å². The number of unbranched alkanes of at least 4 members (excludes halogenated alkanes) is 12. The normalized spacial score (nSPS) is 11.7. The zero-order valence-corrected chi connectivity index (χ0v) is 17.2. The number of hydrogen-bond acceptors (Lipinski definition) is 2. The van der Waals surface area contributed by atoms with Gasteiger partial charge in [-0.05, 0) is 12.0 Å². The summed E-state index contributed by atoms with van der Waals surface area (Å²) in [4.78, 5) is 0. The van der Waals surface area contributed by atoms with Crippen molar-refractivity contribution in [1.29, 1.82) is 0 Å². The highest BCUT2D eigenvalue weighted by Gasteiger charge is 2.09. The quantitative estimate of drug-likeness (QED) is 0.336. The van der Waals surface area contributed by atoms with E-state index < -0.39 is 10.0 Å². The van der Waals surface area contributed by atoms with Gasteiger partial charge in [-0.1, -0.05) is 114 Å². The van der Waals surface area contributed by atoms with Crippen LogP contribution in [0.25, 0.3) is 0 Å². The van der Waals surface area contributed by atoms with Crippen molar-refractivity contribution in [2.24, 2.45) is 0 Å². The molecule has 1 aromatic carbocycles. The maximum Gasteiger partial charge on any atom is 0.211 e. The van der Waals surface area contributed by atoms with Gasteiger partial charge >= 0.3 is 0 Å². The van der Waals surface area contributed by atoms with Crippen molar-refractivity contribution in [3.05, 3.63) is 42.8 Å². The molecule has 0 unspecified atom stereocenters. The number of rotatable bonds is 17. The molecular formula is C22H38NO2S. The Hall–Kier alpha value is -0.870. The lowest BCUT2D eigenvalue weighted by molar-refractivity contribution is 0.542. The van der Waals surface area contributed by atoms with Crippen LogP contribution in [-0.4, -0.2) is 14.2 Å². The molecule has 0 amide bonds. The van der Waals surface area contributed by atoms with E-state index in [4.69, 9.17) is 0 Å². The van der Waals surface area contributed by atoms with Crippen molar-refractivity contribution >= 4 is 10.0 Å². The highest BCUT2D eigenvalue weighted by Crippen LogP contribution is 2.12. The molecule has 0 saturated carbocycles. The molecule has 0 aromatic heterocycles. The fraction of sp³-hybridized carbons (Fsp3) is 0.682. The second-order valence-electron chi connectivity index (χ2n) is 7.22. The van der Waals surface area contributed by atoms with Gasteiger partial charge in [0, 0.05) is 6.54 Å². The van der Waals surface area contributed by atoms with E-state index in [1.54, 1.807) is 0 Å². The van der Waals surface area contributed by atoms with E-state index in [1.807, 2.05) is 30.3 Å². The summed E-state index contributed by atoms with van der Waals surface area (Å²) in [7, 11) is -3.15. The molecule has 0 heterocycles.